The van der Waals surface area contributed by atoms with Gasteiger partial charge < -0.3 is 15.3 Å². The average Bonchev–Trinajstić information content (AvgIpc) is 3.05. The molecule has 9 heteroatoms. The fourth-order valence-corrected chi connectivity index (χ4v) is 2.38. The summed E-state index contributed by atoms with van der Waals surface area (Å²) in [6.45, 7) is 0.645. The summed E-state index contributed by atoms with van der Waals surface area (Å²) in [5, 5.41) is 17.5. The molecule has 0 bridgehead atoms. The molecule has 8 nitrogen and oxygen atoms in total. The van der Waals surface area contributed by atoms with Crippen LogP contribution in [0.15, 0.2) is 17.8 Å². The van der Waals surface area contributed by atoms with E-state index in [0.717, 1.165) is 5.56 Å². The van der Waals surface area contributed by atoms with Crippen molar-refractivity contribution in [1.29, 1.82) is 0 Å². The molecule has 2 N–H and O–H groups in total. The Kier molecular flexibility index (Phi) is 4.53. The van der Waals surface area contributed by atoms with E-state index >= 15 is 0 Å². The second-order valence-corrected chi connectivity index (χ2v) is 5.41. The van der Waals surface area contributed by atoms with Crippen LogP contribution in [0.4, 0.5) is 4.79 Å². The zero-order valence-corrected chi connectivity index (χ0v) is 12.4. The number of nitrogens with one attached hydrogen (secondary N) is 1. The third-order valence-electron chi connectivity index (χ3n) is 2.69. The number of aromatic nitrogens is 3. The van der Waals surface area contributed by atoms with Gasteiger partial charge in [-0.25, -0.2) is 14.6 Å². The Balaban J connectivity index is 1.84. The van der Waals surface area contributed by atoms with Crippen LogP contribution in [0.25, 0.3) is 0 Å². The van der Waals surface area contributed by atoms with Gasteiger partial charge in [-0.3, -0.25) is 4.68 Å². The van der Waals surface area contributed by atoms with Crippen LogP contribution in [0.5, 0.6) is 0 Å². The lowest BCUT2D eigenvalue weighted by molar-refractivity contribution is 0.0691. The molecule has 21 heavy (non-hydrogen) atoms. The van der Waals surface area contributed by atoms with Gasteiger partial charge >= 0.3 is 12.0 Å². The van der Waals surface area contributed by atoms with Gasteiger partial charge in [0.25, 0.3) is 0 Å². The van der Waals surface area contributed by atoms with Crippen LogP contribution in [0.1, 0.15) is 21.1 Å². The molecular weight excluding hydrogens is 294 g/mol. The Morgan fingerprint density at radius 2 is 2.29 bits per heavy atom. The number of carboxylic acid groups (broad SMARTS) is 1. The molecule has 2 amide bonds. The molecule has 112 valence electrons. The number of aromatic carboxylic acids is 1. The minimum atomic E-state index is -1.07. The standard InChI is InChI=1S/C12H15N5O3S/c1-16(5-8-3-14-17(2)6-8)12(20)13-4-10-15-9(7-21-10)11(18)19/h3,6-7H,4-5H2,1-2H3,(H,13,20)(H,18,19). The Bertz CT molecular complexity index is 651. The highest BCUT2D eigenvalue weighted by Crippen LogP contribution is 2.09. The quantitative estimate of drug-likeness (QED) is 0.855. The van der Waals surface area contributed by atoms with Crippen molar-refractivity contribution in [3.63, 3.8) is 0 Å². The molecule has 2 heterocycles. The largest absolute Gasteiger partial charge is 0.476 e. The summed E-state index contributed by atoms with van der Waals surface area (Å²) < 4.78 is 1.67. The lowest BCUT2D eigenvalue weighted by atomic mass is 10.3. The van der Waals surface area contributed by atoms with E-state index in [-0.39, 0.29) is 18.3 Å². The van der Waals surface area contributed by atoms with Crippen LogP contribution < -0.4 is 5.32 Å². The predicted octanol–water partition coefficient (Wildman–Crippen LogP) is 0.916. The van der Waals surface area contributed by atoms with Crippen LogP contribution >= 0.6 is 11.3 Å². The molecule has 0 radical (unpaired) electrons. The molecule has 0 saturated carbocycles. The summed E-state index contributed by atoms with van der Waals surface area (Å²) in [5.74, 6) is -1.07. The maximum Gasteiger partial charge on any atom is 0.355 e. The molecule has 0 unspecified atom stereocenters. The number of rotatable bonds is 5. The monoisotopic (exact) mass is 309 g/mol. The number of aryl methyl sites for hydroxylation is 1. The van der Waals surface area contributed by atoms with Crippen molar-refractivity contribution in [1.82, 2.24) is 25.0 Å². The van der Waals surface area contributed by atoms with Gasteiger partial charge in [0.1, 0.15) is 5.01 Å². The number of hydrogen-bond acceptors (Lipinski definition) is 5. The average molecular weight is 309 g/mol. The van der Waals surface area contributed by atoms with Crippen molar-refractivity contribution in [2.24, 2.45) is 7.05 Å². The van der Waals surface area contributed by atoms with Crippen molar-refractivity contribution in [3.05, 3.63) is 34.0 Å². The Morgan fingerprint density at radius 1 is 1.52 bits per heavy atom. The zero-order chi connectivity index (χ0) is 15.4. The minimum absolute atomic E-state index is 0.00652. The summed E-state index contributed by atoms with van der Waals surface area (Å²) >= 11 is 1.20. The molecule has 2 aromatic rings. The predicted molar refractivity (Wildman–Crippen MR) is 76.0 cm³/mol. The fraction of sp³-hybridized carbons (Fsp3) is 0.333. The first kappa shape index (κ1) is 15.0. The van der Waals surface area contributed by atoms with Crippen LogP contribution in [0.3, 0.4) is 0 Å². The van der Waals surface area contributed by atoms with Crippen molar-refractivity contribution in [3.8, 4) is 0 Å². The van der Waals surface area contributed by atoms with Crippen molar-refractivity contribution < 1.29 is 14.7 Å². The zero-order valence-electron chi connectivity index (χ0n) is 11.6. The van der Waals surface area contributed by atoms with Gasteiger partial charge in [0.15, 0.2) is 5.69 Å². The van der Waals surface area contributed by atoms with Gasteiger partial charge in [0.2, 0.25) is 0 Å². The number of carboxylic acids is 1. The number of hydrogen-bond donors (Lipinski definition) is 2. The Morgan fingerprint density at radius 3 is 2.86 bits per heavy atom. The molecule has 0 aliphatic heterocycles. The van der Waals surface area contributed by atoms with Crippen molar-refractivity contribution in [2.75, 3.05) is 7.05 Å². The highest BCUT2D eigenvalue weighted by atomic mass is 32.1. The van der Waals surface area contributed by atoms with Gasteiger partial charge in [0, 0.05) is 31.2 Å². The number of carbonyl (C=O) groups excluding carboxylic acids is 1. The van der Waals surface area contributed by atoms with E-state index < -0.39 is 5.97 Å². The molecule has 0 aliphatic carbocycles. The minimum Gasteiger partial charge on any atom is -0.476 e. The summed E-state index contributed by atoms with van der Waals surface area (Å²) in [5.41, 5.74) is 0.922. The molecule has 0 saturated heterocycles. The van der Waals surface area contributed by atoms with E-state index in [1.165, 1.54) is 21.6 Å². The summed E-state index contributed by atoms with van der Waals surface area (Å²) in [7, 11) is 3.49. The topological polar surface area (TPSA) is 100 Å². The number of urea groups is 1. The van der Waals surface area contributed by atoms with E-state index in [1.807, 2.05) is 13.2 Å². The SMILES string of the molecule is CN(Cc1cnn(C)c1)C(=O)NCc1nc(C(=O)O)cs1. The molecule has 0 spiro atoms. The van der Waals surface area contributed by atoms with E-state index in [9.17, 15) is 9.59 Å². The first-order valence-electron chi connectivity index (χ1n) is 6.10. The second-order valence-electron chi connectivity index (χ2n) is 4.47. The molecule has 2 rings (SSSR count). The third kappa shape index (κ3) is 4.02. The first-order chi connectivity index (χ1) is 9.95. The summed E-state index contributed by atoms with van der Waals surface area (Å²) in [4.78, 5) is 28.0. The molecule has 0 fully saturated rings. The summed E-state index contributed by atoms with van der Waals surface area (Å²) in [6.07, 6.45) is 3.54. The third-order valence-corrected chi connectivity index (χ3v) is 3.54. The van der Waals surface area contributed by atoms with Crippen molar-refractivity contribution >= 4 is 23.3 Å². The maximum absolute atomic E-state index is 11.9. The number of carbonyl (C=O) groups is 2. The highest BCUT2D eigenvalue weighted by molar-refractivity contribution is 7.09. The Labute approximate surface area is 125 Å². The molecule has 0 aromatic carbocycles. The second kappa shape index (κ2) is 6.35. The maximum atomic E-state index is 11.9. The number of amides is 2. The van der Waals surface area contributed by atoms with E-state index in [4.69, 9.17) is 5.11 Å². The fourth-order valence-electron chi connectivity index (χ4n) is 1.68. The smallest absolute Gasteiger partial charge is 0.355 e. The highest BCUT2D eigenvalue weighted by Gasteiger charge is 2.12. The lowest BCUT2D eigenvalue weighted by Gasteiger charge is -2.16. The van der Waals surface area contributed by atoms with E-state index in [2.05, 4.69) is 15.4 Å². The van der Waals surface area contributed by atoms with Gasteiger partial charge in [-0.05, 0) is 0 Å². The summed E-state index contributed by atoms with van der Waals surface area (Å²) in [6, 6.07) is -0.258. The van der Waals surface area contributed by atoms with E-state index in [0.29, 0.717) is 11.6 Å². The first-order valence-corrected chi connectivity index (χ1v) is 6.98. The molecule has 0 aliphatic rings. The molecule has 0 atom stereocenters. The van der Waals surface area contributed by atoms with Crippen molar-refractivity contribution in [2.45, 2.75) is 13.1 Å². The van der Waals surface area contributed by atoms with Gasteiger partial charge in [-0.2, -0.15) is 5.10 Å². The van der Waals surface area contributed by atoms with Crippen LogP contribution in [0, 0.1) is 0 Å². The molecular formula is C12H15N5O3S. The molecule has 2 aromatic heterocycles. The van der Waals surface area contributed by atoms with Crippen LogP contribution in [-0.2, 0) is 20.1 Å². The van der Waals surface area contributed by atoms with Crippen LogP contribution in [0.2, 0.25) is 0 Å². The Hall–Kier alpha value is -2.42. The van der Waals surface area contributed by atoms with Gasteiger partial charge in [-0.1, -0.05) is 0 Å². The number of nitrogens with zero attached hydrogens (tertiary/aromatic N) is 4. The number of thiazole rings is 1. The normalized spacial score (nSPS) is 10.4. The lowest BCUT2D eigenvalue weighted by Crippen LogP contribution is -2.36. The van der Waals surface area contributed by atoms with Gasteiger partial charge in [0.05, 0.1) is 19.3 Å². The van der Waals surface area contributed by atoms with Gasteiger partial charge in [-0.15, -0.1) is 11.3 Å². The van der Waals surface area contributed by atoms with Crippen LogP contribution in [-0.4, -0.2) is 43.8 Å². The van der Waals surface area contributed by atoms with E-state index in [1.54, 1.807) is 17.9 Å².